The van der Waals surface area contributed by atoms with Gasteiger partial charge in [0.1, 0.15) is 5.82 Å². The molecule has 0 radical (unpaired) electrons. The molecule has 1 aromatic heterocycles. The molecule has 0 bridgehead atoms. The molecule has 0 saturated carbocycles. The molecule has 0 unspecified atom stereocenters. The van der Waals surface area contributed by atoms with Crippen LogP contribution in [0, 0.1) is 11.8 Å². The molecular weight excluding hydrogens is 516 g/mol. The van der Waals surface area contributed by atoms with E-state index in [-0.39, 0.29) is 29.6 Å². The SMILES string of the molecule is CC(=O)N1CCC(C(=O)N2C[C@H](CNc3ccc(C(F)(F)F)cn3)[C@@H](c3ccc(Cl)c(Cl)c3)C2)CC1. The third kappa shape index (κ3) is 6.06. The number of pyridine rings is 1. The zero-order chi connectivity index (χ0) is 26.0. The van der Waals surface area contributed by atoms with Crippen molar-refractivity contribution in [2.24, 2.45) is 11.8 Å². The van der Waals surface area contributed by atoms with Crippen molar-refractivity contribution in [2.75, 3.05) is 38.0 Å². The maximum Gasteiger partial charge on any atom is 0.417 e. The number of amides is 2. The lowest BCUT2D eigenvalue weighted by Crippen LogP contribution is -2.43. The summed E-state index contributed by atoms with van der Waals surface area (Å²) in [6.07, 6.45) is -2.39. The Morgan fingerprint density at radius 1 is 1.06 bits per heavy atom. The molecule has 6 nitrogen and oxygen atoms in total. The van der Waals surface area contributed by atoms with Gasteiger partial charge >= 0.3 is 6.18 Å². The Balaban J connectivity index is 1.47. The van der Waals surface area contributed by atoms with Gasteiger partial charge in [0.2, 0.25) is 11.8 Å². The lowest BCUT2D eigenvalue weighted by Gasteiger charge is -2.32. The second-order valence-corrected chi connectivity index (χ2v) is 10.2. The van der Waals surface area contributed by atoms with Crippen LogP contribution < -0.4 is 5.32 Å². The number of benzene rings is 1. The van der Waals surface area contributed by atoms with Gasteiger partial charge in [-0.3, -0.25) is 9.59 Å². The number of halogens is 5. The van der Waals surface area contributed by atoms with Crippen LogP contribution in [0.25, 0.3) is 0 Å². The van der Waals surface area contributed by atoms with Crippen LogP contribution in [-0.4, -0.2) is 59.3 Å². The number of hydrogen-bond donors (Lipinski definition) is 1. The van der Waals surface area contributed by atoms with Gasteiger partial charge in [-0.05, 0) is 42.7 Å². The van der Waals surface area contributed by atoms with Crippen LogP contribution in [0.3, 0.4) is 0 Å². The standard InChI is InChI=1S/C25H27Cl2F3N4O2/c1-15(35)33-8-6-16(7-9-33)24(36)34-13-18(20(14-34)17-2-4-21(26)22(27)10-17)11-31-23-5-3-19(12-32-23)25(28,29)30/h2-5,10,12,16,18,20H,6-9,11,13-14H2,1H3,(H,31,32)/t18-,20+/m0/s1. The van der Waals surface area contributed by atoms with Crippen molar-refractivity contribution in [1.29, 1.82) is 0 Å². The van der Waals surface area contributed by atoms with Crippen molar-refractivity contribution in [2.45, 2.75) is 31.9 Å². The number of nitrogens with zero attached hydrogens (tertiary/aromatic N) is 3. The predicted octanol–water partition coefficient (Wildman–Crippen LogP) is 5.32. The van der Waals surface area contributed by atoms with Gasteiger partial charge in [0.05, 0.1) is 15.6 Å². The number of piperidine rings is 1. The fraction of sp³-hybridized carbons (Fsp3) is 0.480. The molecule has 2 amide bonds. The Morgan fingerprint density at radius 2 is 1.78 bits per heavy atom. The highest BCUT2D eigenvalue weighted by Gasteiger charge is 2.39. The number of likely N-dealkylation sites (tertiary alicyclic amines) is 2. The summed E-state index contributed by atoms with van der Waals surface area (Å²) in [6.45, 7) is 4.07. The molecule has 4 rings (SSSR count). The summed E-state index contributed by atoms with van der Waals surface area (Å²) in [7, 11) is 0. The number of nitrogens with one attached hydrogen (secondary N) is 1. The average molecular weight is 543 g/mol. The van der Waals surface area contributed by atoms with E-state index in [9.17, 15) is 22.8 Å². The lowest BCUT2D eigenvalue weighted by atomic mass is 9.89. The molecule has 1 aromatic carbocycles. The fourth-order valence-electron chi connectivity index (χ4n) is 4.98. The van der Waals surface area contributed by atoms with E-state index in [1.807, 2.05) is 11.0 Å². The van der Waals surface area contributed by atoms with E-state index in [4.69, 9.17) is 23.2 Å². The summed E-state index contributed by atoms with van der Waals surface area (Å²) in [5.41, 5.74) is 0.133. The maximum atomic E-state index is 13.4. The minimum atomic E-state index is -4.45. The van der Waals surface area contributed by atoms with Crippen LogP contribution in [0.15, 0.2) is 36.5 Å². The summed E-state index contributed by atoms with van der Waals surface area (Å²) in [4.78, 5) is 32.5. The molecule has 194 valence electrons. The van der Waals surface area contributed by atoms with Crippen molar-refractivity contribution in [1.82, 2.24) is 14.8 Å². The molecule has 2 aromatic rings. The van der Waals surface area contributed by atoms with Gasteiger partial charge in [0.25, 0.3) is 0 Å². The molecule has 0 aliphatic carbocycles. The zero-order valence-electron chi connectivity index (χ0n) is 19.7. The second kappa shape index (κ2) is 10.8. The first-order valence-corrected chi connectivity index (χ1v) is 12.5. The van der Waals surface area contributed by atoms with Crippen molar-refractivity contribution in [3.8, 4) is 0 Å². The van der Waals surface area contributed by atoms with E-state index in [0.29, 0.717) is 61.4 Å². The first-order valence-electron chi connectivity index (χ1n) is 11.8. The number of hydrogen-bond acceptors (Lipinski definition) is 4. The van der Waals surface area contributed by atoms with Crippen molar-refractivity contribution >= 4 is 40.8 Å². The van der Waals surface area contributed by atoms with E-state index >= 15 is 0 Å². The van der Waals surface area contributed by atoms with Gasteiger partial charge in [-0.1, -0.05) is 29.3 Å². The van der Waals surface area contributed by atoms with Crippen molar-refractivity contribution in [3.63, 3.8) is 0 Å². The zero-order valence-corrected chi connectivity index (χ0v) is 21.2. The van der Waals surface area contributed by atoms with Gasteiger partial charge in [-0.2, -0.15) is 13.2 Å². The van der Waals surface area contributed by atoms with Crippen LogP contribution in [0.2, 0.25) is 10.0 Å². The number of alkyl halides is 3. The Hall–Kier alpha value is -2.52. The van der Waals surface area contributed by atoms with Crippen LogP contribution in [-0.2, 0) is 15.8 Å². The Morgan fingerprint density at radius 3 is 2.36 bits per heavy atom. The highest BCUT2D eigenvalue weighted by molar-refractivity contribution is 6.42. The van der Waals surface area contributed by atoms with Crippen LogP contribution >= 0.6 is 23.2 Å². The normalized spacial score (nSPS) is 21.1. The Labute approximate surface area is 217 Å². The smallest absolute Gasteiger partial charge is 0.370 e. The Bertz CT molecular complexity index is 1110. The van der Waals surface area contributed by atoms with Crippen molar-refractivity contribution < 1.29 is 22.8 Å². The molecule has 11 heteroatoms. The minimum Gasteiger partial charge on any atom is -0.370 e. The number of anilines is 1. The van der Waals surface area contributed by atoms with E-state index < -0.39 is 11.7 Å². The van der Waals surface area contributed by atoms with Crippen LogP contribution in [0.5, 0.6) is 0 Å². The highest BCUT2D eigenvalue weighted by atomic mass is 35.5. The number of carbonyl (C=O) groups is 2. The van der Waals surface area contributed by atoms with E-state index in [1.54, 1.807) is 17.0 Å². The summed E-state index contributed by atoms with van der Waals surface area (Å²) < 4.78 is 38.5. The highest BCUT2D eigenvalue weighted by Crippen LogP contribution is 2.37. The first kappa shape index (κ1) is 26.5. The molecule has 2 saturated heterocycles. The number of rotatable bonds is 5. The fourth-order valence-corrected chi connectivity index (χ4v) is 5.29. The summed E-state index contributed by atoms with van der Waals surface area (Å²) in [6, 6.07) is 7.71. The quantitative estimate of drug-likeness (QED) is 0.555. The van der Waals surface area contributed by atoms with E-state index in [0.717, 1.165) is 17.8 Å². The summed E-state index contributed by atoms with van der Waals surface area (Å²) >= 11 is 12.4. The molecule has 2 aliphatic rings. The summed E-state index contributed by atoms with van der Waals surface area (Å²) in [5, 5.41) is 3.99. The summed E-state index contributed by atoms with van der Waals surface area (Å²) in [5.74, 6) is 0.217. The Kier molecular flexibility index (Phi) is 7.99. The molecule has 3 heterocycles. The van der Waals surface area contributed by atoms with Gasteiger partial charge in [-0.15, -0.1) is 0 Å². The molecule has 2 aliphatic heterocycles. The van der Waals surface area contributed by atoms with Crippen LogP contribution in [0.1, 0.15) is 36.8 Å². The molecular formula is C25H27Cl2F3N4O2. The second-order valence-electron chi connectivity index (χ2n) is 9.37. The lowest BCUT2D eigenvalue weighted by molar-refractivity contribution is -0.139. The number of carbonyl (C=O) groups excluding carboxylic acids is 2. The molecule has 1 N–H and O–H groups in total. The largest absolute Gasteiger partial charge is 0.417 e. The molecule has 36 heavy (non-hydrogen) atoms. The first-order chi connectivity index (χ1) is 17.0. The van der Waals surface area contributed by atoms with E-state index in [1.165, 1.54) is 13.0 Å². The monoisotopic (exact) mass is 542 g/mol. The third-order valence-electron chi connectivity index (χ3n) is 7.05. The molecule has 2 fully saturated rings. The van der Waals surface area contributed by atoms with Gasteiger partial charge in [0.15, 0.2) is 0 Å². The maximum absolute atomic E-state index is 13.4. The number of aromatic nitrogens is 1. The van der Waals surface area contributed by atoms with Gasteiger partial charge < -0.3 is 15.1 Å². The topological polar surface area (TPSA) is 65.5 Å². The molecule has 0 spiro atoms. The van der Waals surface area contributed by atoms with E-state index in [2.05, 4.69) is 10.3 Å². The van der Waals surface area contributed by atoms with Crippen LogP contribution in [0.4, 0.5) is 19.0 Å². The molecule has 2 atom stereocenters. The minimum absolute atomic E-state index is 0.0183. The van der Waals surface area contributed by atoms with Gasteiger partial charge in [0, 0.05) is 63.6 Å². The predicted molar refractivity (Wildman–Crippen MR) is 132 cm³/mol. The average Bonchev–Trinajstić information content (AvgIpc) is 3.28. The van der Waals surface area contributed by atoms with Gasteiger partial charge in [-0.25, -0.2) is 4.98 Å². The van der Waals surface area contributed by atoms with Crippen molar-refractivity contribution in [3.05, 3.63) is 57.7 Å². The third-order valence-corrected chi connectivity index (χ3v) is 7.79.